The van der Waals surface area contributed by atoms with Gasteiger partial charge < -0.3 is 10.4 Å². The lowest BCUT2D eigenvalue weighted by Crippen LogP contribution is -2.45. The van der Waals surface area contributed by atoms with Gasteiger partial charge in [-0.25, -0.2) is 4.98 Å². The van der Waals surface area contributed by atoms with Crippen LogP contribution in [0.2, 0.25) is 0 Å². The maximum absolute atomic E-state index is 13.7. The van der Waals surface area contributed by atoms with E-state index in [9.17, 15) is 14.7 Å². The summed E-state index contributed by atoms with van der Waals surface area (Å²) >= 11 is 2.25. The maximum Gasteiger partial charge on any atom is 0.309 e. The third-order valence-corrected chi connectivity index (χ3v) is 7.81. The van der Waals surface area contributed by atoms with Gasteiger partial charge in [0.2, 0.25) is 0 Å². The van der Waals surface area contributed by atoms with Gasteiger partial charge in [0.05, 0.1) is 22.2 Å². The molecule has 31 heavy (non-hydrogen) atoms. The Balaban J connectivity index is 1.60. The van der Waals surface area contributed by atoms with Crippen molar-refractivity contribution in [2.24, 2.45) is 5.41 Å². The second kappa shape index (κ2) is 7.29. The van der Waals surface area contributed by atoms with Crippen molar-refractivity contribution in [2.45, 2.75) is 44.6 Å². The van der Waals surface area contributed by atoms with Gasteiger partial charge in [0.15, 0.2) is 0 Å². The van der Waals surface area contributed by atoms with Crippen molar-refractivity contribution in [3.8, 4) is 11.3 Å². The Bertz CT molecular complexity index is 1210. The second-order valence-electron chi connectivity index (χ2n) is 8.98. The number of fused-ring (bicyclic) bond motifs is 3. The number of hydrogen-bond acceptors (Lipinski definition) is 3. The third kappa shape index (κ3) is 3.32. The molecule has 0 aliphatic heterocycles. The first kappa shape index (κ1) is 20.4. The number of hydrogen-bond donors (Lipinski definition) is 2. The minimum absolute atomic E-state index is 0.132. The molecule has 2 N–H and O–H groups in total. The highest BCUT2D eigenvalue weighted by atomic mass is 127. The summed E-state index contributed by atoms with van der Waals surface area (Å²) in [6.45, 7) is 1.95. The largest absolute Gasteiger partial charge is 0.481 e. The van der Waals surface area contributed by atoms with Crippen LogP contribution in [-0.4, -0.2) is 27.5 Å². The van der Waals surface area contributed by atoms with Crippen molar-refractivity contribution in [3.05, 3.63) is 63.2 Å². The monoisotopic (exact) mass is 526 g/mol. The summed E-state index contributed by atoms with van der Waals surface area (Å²) in [7, 11) is 0. The molecule has 2 bridgehead atoms. The maximum atomic E-state index is 13.7. The summed E-state index contributed by atoms with van der Waals surface area (Å²) < 4.78 is 1.04. The van der Waals surface area contributed by atoms with Gasteiger partial charge in [-0.15, -0.1) is 0 Å². The lowest BCUT2D eigenvalue weighted by atomic mass is 9.84. The molecule has 2 aromatic carbocycles. The molecule has 2 fully saturated rings. The number of carboxylic acid groups (broad SMARTS) is 1. The number of pyridine rings is 1. The van der Waals surface area contributed by atoms with Crippen molar-refractivity contribution >= 4 is 45.4 Å². The van der Waals surface area contributed by atoms with Gasteiger partial charge in [0.25, 0.3) is 5.91 Å². The Morgan fingerprint density at radius 1 is 1.06 bits per heavy atom. The Labute approximate surface area is 194 Å². The summed E-state index contributed by atoms with van der Waals surface area (Å²) in [5, 5.41) is 13.8. The number of nitrogens with one attached hydrogen (secondary N) is 1. The molecule has 0 spiro atoms. The number of carboxylic acids is 1. The van der Waals surface area contributed by atoms with Crippen LogP contribution in [0.15, 0.2) is 48.5 Å². The SMILES string of the molecule is Cc1c(-c2ccccc2)nc2ccc(I)cc2c1C(=O)NC12CCC(C(=O)O)(CC1)C2. The molecule has 0 unspecified atom stereocenters. The quantitative estimate of drug-likeness (QED) is 0.451. The van der Waals surface area contributed by atoms with E-state index in [0.29, 0.717) is 24.8 Å². The number of amides is 1. The van der Waals surface area contributed by atoms with Gasteiger partial charge in [-0.3, -0.25) is 9.59 Å². The van der Waals surface area contributed by atoms with Gasteiger partial charge in [0, 0.05) is 20.1 Å². The lowest BCUT2D eigenvalue weighted by molar-refractivity contribution is -0.148. The van der Waals surface area contributed by atoms with Crippen molar-refractivity contribution < 1.29 is 14.7 Å². The molecule has 158 valence electrons. The number of nitrogens with zero attached hydrogens (tertiary/aromatic N) is 1. The van der Waals surface area contributed by atoms with E-state index in [4.69, 9.17) is 4.98 Å². The fraction of sp³-hybridized carbons (Fsp3) is 0.320. The van der Waals surface area contributed by atoms with Crippen LogP contribution in [-0.2, 0) is 4.79 Å². The summed E-state index contributed by atoms with van der Waals surface area (Å²) in [5.41, 5.74) is 2.94. The Morgan fingerprint density at radius 2 is 1.77 bits per heavy atom. The van der Waals surface area contributed by atoms with Crippen LogP contribution in [0.4, 0.5) is 0 Å². The number of carbonyl (C=O) groups is 2. The molecule has 3 aromatic rings. The van der Waals surface area contributed by atoms with Gasteiger partial charge in [-0.1, -0.05) is 30.3 Å². The van der Waals surface area contributed by atoms with Crippen molar-refractivity contribution in [1.29, 1.82) is 0 Å². The van der Waals surface area contributed by atoms with E-state index < -0.39 is 16.9 Å². The minimum Gasteiger partial charge on any atom is -0.481 e. The number of aliphatic carboxylic acids is 1. The highest BCUT2D eigenvalue weighted by Crippen LogP contribution is 2.56. The zero-order valence-electron chi connectivity index (χ0n) is 17.2. The second-order valence-corrected chi connectivity index (χ2v) is 10.2. The summed E-state index contributed by atoms with van der Waals surface area (Å²) in [5.74, 6) is -0.861. The van der Waals surface area contributed by atoms with Crippen LogP contribution < -0.4 is 5.32 Å². The highest BCUT2D eigenvalue weighted by molar-refractivity contribution is 14.1. The Kier molecular flexibility index (Phi) is 4.80. The van der Waals surface area contributed by atoms with Crippen LogP contribution in [0.3, 0.4) is 0 Å². The normalized spacial score (nSPS) is 24.5. The number of carbonyl (C=O) groups excluding carboxylic acids is 1. The zero-order valence-corrected chi connectivity index (χ0v) is 19.4. The van der Waals surface area contributed by atoms with Crippen LogP contribution in [0.1, 0.15) is 48.0 Å². The van der Waals surface area contributed by atoms with Crippen LogP contribution in [0.25, 0.3) is 22.2 Å². The van der Waals surface area contributed by atoms with Crippen molar-refractivity contribution in [2.75, 3.05) is 0 Å². The van der Waals surface area contributed by atoms with E-state index in [0.717, 1.165) is 44.1 Å². The first-order valence-corrected chi connectivity index (χ1v) is 11.6. The van der Waals surface area contributed by atoms with E-state index in [-0.39, 0.29) is 5.91 Å². The van der Waals surface area contributed by atoms with E-state index in [1.807, 2.05) is 55.5 Å². The highest BCUT2D eigenvalue weighted by Gasteiger charge is 2.59. The summed E-state index contributed by atoms with van der Waals surface area (Å²) in [6.07, 6.45) is 3.22. The lowest BCUT2D eigenvalue weighted by Gasteiger charge is -2.29. The topological polar surface area (TPSA) is 79.3 Å². The average molecular weight is 526 g/mol. The number of rotatable bonds is 4. The fourth-order valence-corrected chi connectivity index (χ4v) is 5.96. The average Bonchev–Trinajstić information content (AvgIpc) is 3.31. The smallest absolute Gasteiger partial charge is 0.309 e. The van der Waals surface area contributed by atoms with Gasteiger partial charge in [0.1, 0.15) is 0 Å². The zero-order chi connectivity index (χ0) is 21.8. The van der Waals surface area contributed by atoms with Gasteiger partial charge >= 0.3 is 5.97 Å². The Morgan fingerprint density at radius 3 is 2.42 bits per heavy atom. The molecule has 0 radical (unpaired) electrons. The Hall–Kier alpha value is -2.48. The van der Waals surface area contributed by atoms with Crippen molar-refractivity contribution in [3.63, 3.8) is 0 Å². The summed E-state index contributed by atoms with van der Waals surface area (Å²) in [4.78, 5) is 30.4. The molecular formula is C25H23IN2O3. The van der Waals surface area contributed by atoms with Gasteiger partial charge in [-0.05, 0) is 85.4 Å². The van der Waals surface area contributed by atoms with Crippen LogP contribution in [0.5, 0.6) is 0 Å². The van der Waals surface area contributed by atoms with E-state index in [2.05, 4.69) is 27.9 Å². The van der Waals surface area contributed by atoms with Gasteiger partial charge in [-0.2, -0.15) is 0 Å². The molecule has 1 amide bonds. The summed E-state index contributed by atoms with van der Waals surface area (Å²) in [6, 6.07) is 15.9. The van der Waals surface area contributed by atoms with Crippen LogP contribution >= 0.6 is 22.6 Å². The third-order valence-electron chi connectivity index (χ3n) is 7.14. The predicted octanol–water partition coefficient (Wildman–Crippen LogP) is 5.33. The molecule has 1 heterocycles. The van der Waals surface area contributed by atoms with Crippen molar-refractivity contribution in [1.82, 2.24) is 10.3 Å². The number of halogens is 1. The molecule has 0 saturated heterocycles. The van der Waals surface area contributed by atoms with E-state index in [1.54, 1.807) is 0 Å². The molecule has 2 aliphatic rings. The first-order valence-electron chi connectivity index (χ1n) is 10.5. The molecule has 0 atom stereocenters. The molecule has 1 aromatic heterocycles. The molecule has 2 aliphatic carbocycles. The first-order chi connectivity index (χ1) is 14.8. The molecule has 2 saturated carbocycles. The van der Waals surface area contributed by atoms with Crippen LogP contribution in [0, 0.1) is 15.9 Å². The molecule has 5 rings (SSSR count). The van der Waals surface area contributed by atoms with E-state index in [1.165, 1.54) is 0 Å². The molecule has 5 nitrogen and oxygen atoms in total. The molecular weight excluding hydrogens is 503 g/mol. The fourth-order valence-electron chi connectivity index (χ4n) is 5.47. The standard InChI is InChI=1S/C25H23IN2O3/c1-15-20(22(29)28-25-11-9-24(14-25,10-12-25)23(30)31)18-13-17(26)7-8-19(18)27-21(15)16-5-3-2-4-6-16/h2-8,13H,9-12,14H2,1H3,(H,28,29)(H,30,31). The molecule has 6 heteroatoms. The van der Waals surface area contributed by atoms with E-state index >= 15 is 0 Å². The number of aromatic nitrogens is 1. The minimum atomic E-state index is -0.729. The number of benzene rings is 2. The predicted molar refractivity (Wildman–Crippen MR) is 128 cm³/mol.